The Hall–Kier alpha value is -8.10. The molecular formula is C64H36Si. The Morgan fingerprint density at radius 3 is 1.14 bits per heavy atom. The average molecular weight is 833 g/mol. The van der Waals surface area contributed by atoms with Crippen LogP contribution in [0.1, 0.15) is 0 Å². The average Bonchev–Trinajstić information content (AvgIpc) is 4.00. The van der Waals surface area contributed by atoms with Gasteiger partial charge in [-0.15, -0.1) is 0 Å². The molecule has 0 saturated heterocycles. The maximum Gasteiger partial charge on any atom is 0.179 e. The molecule has 1 heteroatoms. The summed E-state index contributed by atoms with van der Waals surface area (Å²) in [7, 11) is -2.70. The van der Waals surface area contributed by atoms with Gasteiger partial charge in [0.2, 0.25) is 0 Å². The number of benzene rings is 13. The Kier molecular flexibility index (Phi) is 6.41. The molecule has 0 heterocycles. The highest BCUT2D eigenvalue weighted by Gasteiger charge is 2.41. The predicted molar refractivity (Wildman–Crippen MR) is 283 cm³/mol. The van der Waals surface area contributed by atoms with Crippen molar-refractivity contribution in [3.05, 3.63) is 218 Å². The Morgan fingerprint density at radius 2 is 0.585 bits per heavy atom. The van der Waals surface area contributed by atoms with Crippen molar-refractivity contribution in [2.24, 2.45) is 0 Å². The molecule has 0 N–H and O–H groups in total. The summed E-state index contributed by atoms with van der Waals surface area (Å²) >= 11 is 0. The van der Waals surface area contributed by atoms with Crippen molar-refractivity contribution in [2.75, 3.05) is 0 Å². The SMILES string of the molecule is c1ccc([Si](c2ccccc2)(c2ccccc2)c2ccc3c(c2)c2cccc4c5cc6c(cc5cc3c42)c2ccc3c4ccc5c7c(ccc(c8ccc6c2c38)c74)-c2ccccc2-5)cc1. The summed E-state index contributed by atoms with van der Waals surface area (Å²) in [6, 6.07) is 84.0. The van der Waals surface area contributed by atoms with E-state index in [2.05, 4.69) is 218 Å². The van der Waals surface area contributed by atoms with Crippen LogP contribution in [0, 0.1) is 0 Å². The largest absolute Gasteiger partial charge is 0.179 e. The highest BCUT2D eigenvalue weighted by molar-refractivity contribution is 7.20. The predicted octanol–water partition coefficient (Wildman–Crippen LogP) is 14.6. The molecule has 0 radical (unpaired) electrons. The molecule has 0 nitrogen and oxygen atoms in total. The van der Waals surface area contributed by atoms with Gasteiger partial charge in [-0.2, -0.15) is 0 Å². The zero-order valence-corrected chi connectivity index (χ0v) is 36.3. The van der Waals surface area contributed by atoms with E-state index in [4.69, 9.17) is 0 Å². The van der Waals surface area contributed by atoms with Gasteiger partial charge in [-0.05, 0) is 169 Å². The van der Waals surface area contributed by atoms with E-state index >= 15 is 0 Å². The van der Waals surface area contributed by atoms with Crippen LogP contribution in [-0.2, 0) is 0 Å². The lowest BCUT2D eigenvalue weighted by Crippen LogP contribution is -2.74. The summed E-state index contributed by atoms with van der Waals surface area (Å²) in [5, 5.41) is 32.6. The van der Waals surface area contributed by atoms with Crippen molar-refractivity contribution in [3.63, 3.8) is 0 Å². The molecule has 15 aromatic carbocycles. The minimum atomic E-state index is -2.70. The van der Waals surface area contributed by atoms with Crippen LogP contribution in [0.5, 0.6) is 0 Å². The van der Waals surface area contributed by atoms with E-state index < -0.39 is 8.07 Å². The molecule has 296 valence electrons. The summed E-state index contributed by atoms with van der Waals surface area (Å²) < 4.78 is 0. The van der Waals surface area contributed by atoms with Gasteiger partial charge in [0.05, 0.1) is 0 Å². The number of hydrogen-bond acceptors (Lipinski definition) is 0. The Labute approximate surface area is 375 Å². The van der Waals surface area contributed by atoms with Gasteiger partial charge in [-0.25, -0.2) is 0 Å². The van der Waals surface area contributed by atoms with Crippen LogP contribution in [-0.4, -0.2) is 8.07 Å². The van der Waals surface area contributed by atoms with E-state index in [9.17, 15) is 0 Å². The minimum absolute atomic E-state index is 1.30. The van der Waals surface area contributed by atoms with E-state index in [1.165, 1.54) is 151 Å². The standard InChI is InChI=1S/C64H36Si/c1-4-13-38(14-5-1)65(39-15-6-2-7-16-39,40-17-8-3-9-18-40)41-23-24-44-57(35-41)46-22-12-21-45-55-36-58-54-32-30-52-50-28-26-48-43-20-11-10-19-42(43)47-25-27-49(62(50)61(47)48)51-29-31-53(64(54)63(51)52)56(58)33-37(55)34-59(44)60(45)46/h1-36H. The first-order valence-corrected chi connectivity index (χ1v) is 24.9. The highest BCUT2D eigenvalue weighted by Crippen LogP contribution is 2.54. The molecule has 0 amide bonds. The lowest BCUT2D eigenvalue weighted by atomic mass is 9.87. The summed E-state index contributed by atoms with van der Waals surface area (Å²) in [4.78, 5) is 0. The van der Waals surface area contributed by atoms with Gasteiger partial charge in [0.1, 0.15) is 0 Å². The molecule has 0 atom stereocenters. The normalized spacial score (nSPS) is 12.9. The van der Waals surface area contributed by atoms with E-state index in [1.807, 2.05) is 0 Å². The maximum atomic E-state index is 2.56. The second-order valence-electron chi connectivity index (χ2n) is 18.6. The van der Waals surface area contributed by atoms with Gasteiger partial charge in [0.15, 0.2) is 8.07 Å². The zero-order chi connectivity index (χ0) is 42.1. The molecule has 0 saturated carbocycles. The van der Waals surface area contributed by atoms with Crippen LogP contribution in [0.25, 0.3) is 130 Å². The fourth-order valence-electron chi connectivity index (χ4n) is 13.2. The van der Waals surface area contributed by atoms with Crippen molar-refractivity contribution in [3.8, 4) is 22.3 Å². The van der Waals surface area contributed by atoms with Crippen LogP contribution in [0.15, 0.2) is 218 Å². The van der Waals surface area contributed by atoms with Crippen LogP contribution >= 0.6 is 0 Å². The quantitative estimate of drug-likeness (QED) is 0.0717. The molecule has 0 bridgehead atoms. The fraction of sp³-hybridized carbons (Fsp3) is 0. The third-order valence-electron chi connectivity index (χ3n) is 15.8. The molecule has 0 fully saturated rings. The smallest absolute Gasteiger partial charge is 0.0623 e. The summed E-state index contributed by atoms with van der Waals surface area (Å²) in [5.41, 5.74) is 5.42. The van der Waals surface area contributed by atoms with Crippen LogP contribution in [0.2, 0.25) is 0 Å². The Morgan fingerprint density at radius 1 is 0.185 bits per heavy atom. The molecular weight excluding hydrogens is 797 g/mol. The first-order valence-electron chi connectivity index (χ1n) is 22.9. The maximum absolute atomic E-state index is 2.70. The molecule has 1 aliphatic rings. The van der Waals surface area contributed by atoms with E-state index in [0.717, 1.165) is 0 Å². The molecule has 0 unspecified atom stereocenters. The molecule has 0 aliphatic heterocycles. The molecule has 0 aromatic heterocycles. The van der Waals surface area contributed by atoms with E-state index in [0.29, 0.717) is 0 Å². The first kappa shape index (κ1) is 34.4. The van der Waals surface area contributed by atoms with Crippen LogP contribution in [0.4, 0.5) is 0 Å². The Balaban J connectivity index is 0.956. The second-order valence-corrected chi connectivity index (χ2v) is 22.4. The lowest BCUT2D eigenvalue weighted by Gasteiger charge is -2.34. The highest BCUT2D eigenvalue weighted by atomic mass is 28.3. The van der Waals surface area contributed by atoms with Gasteiger partial charge in [-0.3, -0.25) is 0 Å². The van der Waals surface area contributed by atoms with Gasteiger partial charge in [0, 0.05) is 0 Å². The van der Waals surface area contributed by atoms with Crippen molar-refractivity contribution < 1.29 is 0 Å². The lowest BCUT2D eigenvalue weighted by molar-refractivity contribution is 1.68. The molecule has 0 spiro atoms. The van der Waals surface area contributed by atoms with E-state index in [-0.39, 0.29) is 0 Å². The van der Waals surface area contributed by atoms with Gasteiger partial charge >= 0.3 is 0 Å². The van der Waals surface area contributed by atoms with Crippen molar-refractivity contribution in [2.45, 2.75) is 0 Å². The van der Waals surface area contributed by atoms with Crippen molar-refractivity contribution >= 4 is 137 Å². The molecule has 16 rings (SSSR count). The monoisotopic (exact) mass is 832 g/mol. The van der Waals surface area contributed by atoms with Gasteiger partial charge in [0.25, 0.3) is 0 Å². The zero-order valence-electron chi connectivity index (χ0n) is 35.3. The van der Waals surface area contributed by atoms with Crippen molar-refractivity contribution in [1.82, 2.24) is 0 Å². The summed E-state index contributed by atoms with van der Waals surface area (Å²) in [6.45, 7) is 0. The van der Waals surface area contributed by atoms with E-state index in [1.54, 1.807) is 0 Å². The number of hydrogen-bond donors (Lipinski definition) is 0. The van der Waals surface area contributed by atoms with Crippen LogP contribution in [0.3, 0.4) is 0 Å². The number of fused-ring (bicyclic) bond motifs is 13. The van der Waals surface area contributed by atoms with Crippen LogP contribution < -0.4 is 20.7 Å². The third-order valence-corrected chi connectivity index (χ3v) is 20.5. The fourth-order valence-corrected chi connectivity index (χ4v) is 18.0. The second kappa shape index (κ2) is 12.1. The summed E-state index contributed by atoms with van der Waals surface area (Å²) in [5.74, 6) is 0. The summed E-state index contributed by atoms with van der Waals surface area (Å²) in [6.07, 6.45) is 0. The third kappa shape index (κ3) is 4.15. The number of rotatable bonds is 4. The first-order chi connectivity index (χ1) is 32.3. The van der Waals surface area contributed by atoms with Crippen molar-refractivity contribution in [1.29, 1.82) is 0 Å². The molecule has 65 heavy (non-hydrogen) atoms. The van der Waals surface area contributed by atoms with Gasteiger partial charge < -0.3 is 0 Å². The molecule has 15 aromatic rings. The molecule has 1 aliphatic carbocycles. The minimum Gasteiger partial charge on any atom is -0.0623 e. The topological polar surface area (TPSA) is 0 Å². The Bertz CT molecular complexity index is 4320. The van der Waals surface area contributed by atoms with Gasteiger partial charge in [-0.1, -0.05) is 200 Å².